The molecule has 2 aliphatic rings. The van der Waals surface area contributed by atoms with Crippen molar-refractivity contribution in [1.29, 1.82) is 0 Å². The molecule has 0 atom stereocenters. The van der Waals surface area contributed by atoms with Gasteiger partial charge in [0.15, 0.2) is 0 Å². The Morgan fingerprint density at radius 3 is 1.50 bits per heavy atom. The number of hydrogen-bond acceptors (Lipinski definition) is 2. The number of fused-ring (bicyclic) bond motifs is 5. The largest absolute Gasteiger partial charge is 0.372 e. The zero-order chi connectivity index (χ0) is 36.7. The van der Waals surface area contributed by atoms with Gasteiger partial charge in [0.2, 0.25) is 0 Å². The van der Waals surface area contributed by atoms with Crippen molar-refractivity contribution >= 4 is 86.8 Å². The van der Waals surface area contributed by atoms with Gasteiger partial charge in [-0.05, 0) is 167 Å². The lowest BCUT2D eigenvalue weighted by Gasteiger charge is -2.30. The van der Waals surface area contributed by atoms with Gasteiger partial charge in [-0.25, -0.2) is 0 Å². The second kappa shape index (κ2) is 12.7. The third-order valence-corrected chi connectivity index (χ3v) is 13.4. The van der Waals surface area contributed by atoms with Crippen molar-refractivity contribution in [2.24, 2.45) is 0 Å². The van der Waals surface area contributed by atoms with Crippen LogP contribution in [0, 0.1) is 0 Å². The highest BCUT2D eigenvalue weighted by molar-refractivity contribution is 6.35. The van der Waals surface area contributed by atoms with E-state index in [1.807, 2.05) is 0 Å². The van der Waals surface area contributed by atoms with Gasteiger partial charge in [-0.1, -0.05) is 115 Å². The van der Waals surface area contributed by atoms with Crippen molar-refractivity contribution in [2.45, 2.75) is 38.5 Å². The zero-order valence-corrected chi connectivity index (χ0v) is 31.8. The molecule has 0 saturated carbocycles. The summed E-state index contributed by atoms with van der Waals surface area (Å²) in [4.78, 5) is 5.25. The average molecular weight is 721 g/mol. The van der Waals surface area contributed by atoms with E-state index in [4.69, 9.17) is 0 Å². The minimum absolute atomic E-state index is 1.12. The molecule has 0 bridgehead atoms. The van der Waals surface area contributed by atoms with Crippen molar-refractivity contribution < 1.29 is 0 Å². The molecule has 2 heterocycles. The Hall–Kier alpha value is -6.12. The van der Waals surface area contributed by atoms with Crippen molar-refractivity contribution in [3.63, 3.8) is 0 Å². The Labute approximate surface area is 327 Å². The first-order valence-electron chi connectivity index (χ1n) is 20.9. The molecule has 0 radical (unpaired) electrons. The van der Waals surface area contributed by atoms with Crippen molar-refractivity contribution in [3.8, 4) is 22.3 Å². The second-order valence-electron chi connectivity index (χ2n) is 16.5. The summed E-state index contributed by atoms with van der Waals surface area (Å²) >= 11 is 0. The molecule has 0 spiro atoms. The molecule has 0 aromatic heterocycles. The molecule has 270 valence electrons. The summed E-state index contributed by atoms with van der Waals surface area (Å²) < 4.78 is 0. The summed E-state index contributed by atoms with van der Waals surface area (Å²) in [6, 6.07) is 56.3. The Morgan fingerprint density at radius 1 is 0.304 bits per heavy atom. The Morgan fingerprint density at radius 2 is 0.821 bits per heavy atom. The molecule has 12 rings (SSSR count). The van der Waals surface area contributed by atoms with Gasteiger partial charge in [-0.3, -0.25) is 0 Å². The molecule has 0 unspecified atom stereocenters. The fourth-order valence-corrected chi connectivity index (χ4v) is 10.7. The van der Waals surface area contributed by atoms with Gasteiger partial charge < -0.3 is 9.80 Å². The molecule has 2 fully saturated rings. The van der Waals surface area contributed by atoms with Crippen LogP contribution in [-0.4, -0.2) is 26.2 Å². The predicted octanol–water partition coefficient (Wildman–Crippen LogP) is 14.5. The van der Waals surface area contributed by atoms with Gasteiger partial charge in [0.05, 0.1) is 0 Å². The SMILES string of the molecule is c1ccc2cc(-c3c4cc(N5CCCCC5)ccc4c(-c4ccc5c6cccc7cccc(c8cccc4c85)c76)c4cc(N5CCCCC5)ccc34)ccc2c1. The number of anilines is 2. The molecule has 0 N–H and O–H groups in total. The van der Waals surface area contributed by atoms with Gasteiger partial charge in [0.25, 0.3) is 0 Å². The minimum Gasteiger partial charge on any atom is -0.372 e. The number of rotatable bonds is 4. The molecule has 0 amide bonds. The lowest BCUT2D eigenvalue weighted by molar-refractivity contribution is 0.578. The maximum absolute atomic E-state index is 2.63. The smallest absolute Gasteiger partial charge is 0.0372 e. The van der Waals surface area contributed by atoms with E-state index in [1.165, 1.54) is 148 Å². The summed E-state index contributed by atoms with van der Waals surface area (Å²) in [5, 5.41) is 18.6. The van der Waals surface area contributed by atoms with E-state index in [-0.39, 0.29) is 0 Å². The molecule has 0 aliphatic carbocycles. The first kappa shape index (κ1) is 32.2. The Balaban J connectivity index is 1.22. The van der Waals surface area contributed by atoms with Crippen LogP contribution in [0.2, 0.25) is 0 Å². The molecule has 2 saturated heterocycles. The van der Waals surface area contributed by atoms with Crippen LogP contribution in [0.25, 0.3) is 97.7 Å². The number of benzene rings is 10. The van der Waals surface area contributed by atoms with E-state index in [0.29, 0.717) is 0 Å². The van der Waals surface area contributed by atoms with Crippen molar-refractivity contribution in [1.82, 2.24) is 0 Å². The summed E-state index contributed by atoms with van der Waals surface area (Å²) in [5.74, 6) is 0. The lowest BCUT2D eigenvalue weighted by Crippen LogP contribution is -2.29. The van der Waals surface area contributed by atoms with Crippen LogP contribution >= 0.6 is 0 Å². The standard InChI is InChI=1S/C54H44N2/c1-5-28-55(29-6-1)39-23-25-48-49(33-39)52(38-21-20-35-12-3-4-13-37(35)32-38)47-24-22-40(56-30-7-2-8-31-56)34-50(47)54(48)46-27-26-45-42-17-10-15-36-14-9-16-41(51(36)42)43-18-11-19-44(46)53(43)45/h3-4,9-27,32-34H,1-2,5-8,28-31H2. The van der Waals surface area contributed by atoms with Gasteiger partial charge in [-0.15, -0.1) is 0 Å². The highest BCUT2D eigenvalue weighted by atomic mass is 15.1. The third-order valence-electron chi connectivity index (χ3n) is 13.4. The number of piperidine rings is 2. The van der Waals surface area contributed by atoms with E-state index in [2.05, 4.69) is 155 Å². The highest BCUT2D eigenvalue weighted by Crippen LogP contribution is 2.50. The van der Waals surface area contributed by atoms with E-state index in [1.54, 1.807) is 0 Å². The monoisotopic (exact) mass is 720 g/mol. The highest BCUT2D eigenvalue weighted by Gasteiger charge is 2.23. The van der Waals surface area contributed by atoms with Crippen molar-refractivity contribution in [3.05, 3.63) is 146 Å². The van der Waals surface area contributed by atoms with Crippen LogP contribution in [0.4, 0.5) is 11.4 Å². The van der Waals surface area contributed by atoms with E-state index >= 15 is 0 Å². The fraction of sp³-hybridized carbons (Fsp3) is 0.185. The summed E-state index contributed by atoms with van der Waals surface area (Å²) in [6.45, 7) is 4.49. The molecule has 2 nitrogen and oxygen atoms in total. The third kappa shape index (κ3) is 4.88. The zero-order valence-electron chi connectivity index (χ0n) is 31.8. The predicted molar refractivity (Wildman–Crippen MR) is 243 cm³/mol. The lowest BCUT2D eigenvalue weighted by atomic mass is 9.82. The normalized spacial score (nSPS) is 15.4. The molecular formula is C54H44N2. The first-order valence-corrected chi connectivity index (χ1v) is 20.9. The number of hydrogen-bond donors (Lipinski definition) is 0. The Kier molecular flexibility index (Phi) is 7.30. The Bertz CT molecular complexity index is 3110. The van der Waals surface area contributed by atoms with Gasteiger partial charge >= 0.3 is 0 Å². The maximum atomic E-state index is 2.63. The van der Waals surface area contributed by atoms with E-state index < -0.39 is 0 Å². The topological polar surface area (TPSA) is 6.48 Å². The molecule has 10 aromatic rings. The van der Waals surface area contributed by atoms with Gasteiger partial charge in [-0.2, -0.15) is 0 Å². The average Bonchev–Trinajstić information content (AvgIpc) is 3.27. The van der Waals surface area contributed by atoms with Crippen LogP contribution in [0.1, 0.15) is 38.5 Å². The summed E-state index contributed by atoms with van der Waals surface area (Å²) in [7, 11) is 0. The molecular weight excluding hydrogens is 677 g/mol. The van der Waals surface area contributed by atoms with E-state index in [9.17, 15) is 0 Å². The fourth-order valence-electron chi connectivity index (χ4n) is 10.7. The molecule has 2 aliphatic heterocycles. The molecule has 56 heavy (non-hydrogen) atoms. The van der Waals surface area contributed by atoms with Crippen LogP contribution in [-0.2, 0) is 0 Å². The number of nitrogens with zero attached hydrogens (tertiary/aromatic N) is 2. The summed E-state index contributed by atoms with van der Waals surface area (Å²) in [5.41, 5.74) is 7.99. The molecule has 10 aromatic carbocycles. The van der Waals surface area contributed by atoms with Gasteiger partial charge in [0.1, 0.15) is 0 Å². The minimum atomic E-state index is 1.12. The van der Waals surface area contributed by atoms with Crippen molar-refractivity contribution in [2.75, 3.05) is 36.0 Å². The van der Waals surface area contributed by atoms with Crippen LogP contribution < -0.4 is 9.80 Å². The quantitative estimate of drug-likeness (QED) is 0.132. The van der Waals surface area contributed by atoms with Crippen LogP contribution in [0.15, 0.2) is 146 Å². The second-order valence-corrected chi connectivity index (χ2v) is 16.5. The van der Waals surface area contributed by atoms with Crippen LogP contribution in [0.5, 0.6) is 0 Å². The first-order chi connectivity index (χ1) is 27.8. The van der Waals surface area contributed by atoms with Gasteiger partial charge in [0, 0.05) is 37.6 Å². The molecule has 2 heteroatoms. The summed E-state index contributed by atoms with van der Waals surface area (Å²) in [6.07, 6.45) is 7.68. The maximum Gasteiger partial charge on any atom is 0.0372 e. The van der Waals surface area contributed by atoms with E-state index in [0.717, 1.165) is 26.2 Å². The van der Waals surface area contributed by atoms with Crippen LogP contribution in [0.3, 0.4) is 0 Å².